The Morgan fingerprint density at radius 3 is 2.80 bits per heavy atom. The molecule has 0 N–H and O–H groups in total. The number of hydrogen-bond acceptors (Lipinski definition) is 3. The van der Waals surface area contributed by atoms with E-state index >= 15 is 0 Å². The van der Waals surface area contributed by atoms with Gasteiger partial charge in [-0.2, -0.15) is 0 Å². The molecule has 0 aromatic heterocycles. The van der Waals surface area contributed by atoms with Crippen molar-refractivity contribution < 1.29 is 4.79 Å². The maximum atomic E-state index is 11.6. The molecule has 78 valence electrons. The quantitative estimate of drug-likeness (QED) is 0.722. The summed E-state index contributed by atoms with van der Waals surface area (Å²) in [7, 11) is 0. The van der Waals surface area contributed by atoms with Crippen LogP contribution in [0.4, 0.5) is 5.69 Å². The number of amides is 1. The van der Waals surface area contributed by atoms with Crippen molar-refractivity contribution in [3.8, 4) is 0 Å². The summed E-state index contributed by atoms with van der Waals surface area (Å²) in [6, 6.07) is 5.54. The zero-order chi connectivity index (χ0) is 11.0. The first-order valence-corrected chi connectivity index (χ1v) is 6.13. The summed E-state index contributed by atoms with van der Waals surface area (Å²) >= 11 is 12.6. The van der Waals surface area contributed by atoms with Crippen molar-refractivity contribution in [3.63, 3.8) is 0 Å². The van der Waals surface area contributed by atoms with Gasteiger partial charge < -0.3 is 0 Å². The third kappa shape index (κ3) is 1.89. The van der Waals surface area contributed by atoms with Crippen molar-refractivity contribution >= 4 is 51.5 Å². The standard InChI is InChI=1S/C10H8ClNOS2/c1-6-3-2-4-7(11)9(6)12-8(13)5-15-10(12)14/h2-4H,5H2,1H3. The van der Waals surface area contributed by atoms with E-state index in [9.17, 15) is 4.79 Å². The molecule has 0 atom stereocenters. The molecule has 0 bridgehead atoms. The second-order valence-corrected chi connectivity index (χ2v) is 5.21. The van der Waals surface area contributed by atoms with Gasteiger partial charge in [0.25, 0.3) is 0 Å². The summed E-state index contributed by atoms with van der Waals surface area (Å²) in [5.41, 5.74) is 1.68. The molecule has 1 aromatic rings. The lowest BCUT2D eigenvalue weighted by Crippen LogP contribution is -2.28. The Kier molecular flexibility index (Phi) is 3.00. The van der Waals surface area contributed by atoms with Crippen LogP contribution in [0.2, 0.25) is 5.02 Å². The zero-order valence-corrected chi connectivity index (χ0v) is 10.4. The van der Waals surface area contributed by atoms with Gasteiger partial charge in [0, 0.05) is 0 Å². The molecule has 1 heterocycles. The highest BCUT2D eigenvalue weighted by Crippen LogP contribution is 2.34. The van der Waals surface area contributed by atoms with Crippen molar-refractivity contribution in [1.29, 1.82) is 0 Å². The molecule has 5 heteroatoms. The summed E-state index contributed by atoms with van der Waals surface area (Å²) in [5, 5.41) is 0.563. The number of hydrogen-bond donors (Lipinski definition) is 0. The molecule has 2 rings (SSSR count). The number of aryl methyl sites for hydroxylation is 1. The van der Waals surface area contributed by atoms with E-state index in [1.165, 1.54) is 16.7 Å². The fourth-order valence-corrected chi connectivity index (χ4v) is 2.85. The van der Waals surface area contributed by atoms with E-state index in [0.717, 1.165) is 11.3 Å². The lowest BCUT2D eigenvalue weighted by molar-refractivity contribution is -0.115. The Morgan fingerprint density at radius 1 is 1.53 bits per heavy atom. The second kappa shape index (κ2) is 4.12. The number of anilines is 1. The number of para-hydroxylation sites is 1. The smallest absolute Gasteiger partial charge is 0.243 e. The van der Waals surface area contributed by atoms with Crippen molar-refractivity contribution in [2.45, 2.75) is 6.92 Å². The molecule has 15 heavy (non-hydrogen) atoms. The fraction of sp³-hybridized carbons (Fsp3) is 0.200. The average molecular weight is 258 g/mol. The molecule has 1 aliphatic rings. The van der Waals surface area contributed by atoms with E-state index in [2.05, 4.69) is 0 Å². The van der Waals surface area contributed by atoms with Crippen molar-refractivity contribution in [3.05, 3.63) is 28.8 Å². The normalized spacial score (nSPS) is 16.3. The third-order valence-corrected chi connectivity index (χ3v) is 3.83. The summed E-state index contributed by atoms with van der Waals surface area (Å²) in [5.74, 6) is 0.407. The van der Waals surface area contributed by atoms with Gasteiger partial charge in [-0.1, -0.05) is 47.7 Å². The Labute approximate surface area is 103 Å². The predicted octanol–water partition coefficient (Wildman–Crippen LogP) is 3.01. The van der Waals surface area contributed by atoms with E-state index in [4.69, 9.17) is 23.8 Å². The molecule has 1 fully saturated rings. The zero-order valence-electron chi connectivity index (χ0n) is 7.99. The number of thiocarbonyl (C=S) groups is 1. The number of carbonyl (C=O) groups excluding carboxylic acids is 1. The molecule has 0 unspecified atom stereocenters. The van der Waals surface area contributed by atoms with Crippen LogP contribution < -0.4 is 4.90 Å². The highest BCUT2D eigenvalue weighted by molar-refractivity contribution is 8.24. The maximum Gasteiger partial charge on any atom is 0.243 e. The highest BCUT2D eigenvalue weighted by Gasteiger charge is 2.30. The average Bonchev–Trinajstić information content (AvgIpc) is 2.49. The SMILES string of the molecule is Cc1cccc(Cl)c1N1C(=O)CSC1=S. The molecule has 1 aromatic carbocycles. The monoisotopic (exact) mass is 257 g/mol. The van der Waals surface area contributed by atoms with Gasteiger partial charge in [-0.25, -0.2) is 0 Å². The molecule has 0 aliphatic carbocycles. The van der Waals surface area contributed by atoms with Crippen molar-refractivity contribution in [2.24, 2.45) is 0 Å². The van der Waals surface area contributed by atoms with E-state index in [-0.39, 0.29) is 5.91 Å². The van der Waals surface area contributed by atoms with Crippen LogP contribution in [-0.2, 0) is 4.79 Å². The van der Waals surface area contributed by atoms with Gasteiger partial charge in [0.1, 0.15) is 4.32 Å². The first-order chi connectivity index (χ1) is 7.11. The summed E-state index contributed by atoms with van der Waals surface area (Å²) in [6.07, 6.45) is 0. The molecule has 0 radical (unpaired) electrons. The van der Waals surface area contributed by atoms with Gasteiger partial charge in [0.2, 0.25) is 5.91 Å². The fourth-order valence-electron chi connectivity index (χ4n) is 1.48. The van der Waals surface area contributed by atoms with Gasteiger partial charge in [0.05, 0.1) is 16.5 Å². The van der Waals surface area contributed by atoms with Gasteiger partial charge in [-0.3, -0.25) is 9.69 Å². The number of nitrogens with zero attached hydrogens (tertiary/aromatic N) is 1. The van der Waals surface area contributed by atoms with Crippen LogP contribution in [0.3, 0.4) is 0 Å². The van der Waals surface area contributed by atoms with E-state index in [1.54, 1.807) is 6.07 Å². The van der Waals surface area contributed by atoms with Crippen LogP contribution >= 0.6 is 35.6 Å². The molecular formula is C10H8ClNOS2. The molecule has 2 nitrogen and oxygen atoms in total. The Bertz CT molecular complexity index is 411. The van der Waals surface area contributed by atoms with Crippen LogP contribution in [0.25, 0.3) is 0 Å². The largest absolute Gasteiger partial charge is 0.273 e. The van der Waals surface area contributed by atoms with Gasteiger partial charge >= 0.3 is 0 Å². The minimum absolute atomic E-state index is 0.00111. The van der Waals surface area contributed by atoms with E-state index in [1.807, 2.05) is 19.1 Å². The van der Waals surface area contributed by atoms with Crippen LogP contribution in [0.1, 0.15) is 5.56 Å². The van der Waals surface area contributed by atoms with Crippen molar-refractivity contribution in [2.75, 3.05) is 10.7 Å². The van der Waals surface area contributed by atoms with Crippen LogP contribution in [0.15, 0.2) is 18.2 Å². The molecule has 1 aliphatic heterocycles. The Hall–Kier alpha value is -0.580. The molecule has 0 saturated carbocycles. The predicted molar refractivity (Wildman–Crippen MR) is 68.7 cm³/mol. The molecular weight excluding hydrogens is 250 g/mol. The van der Waals surface area contributed by atoms with Gasteiger partial charge in [-0.15, -0.1) is 0 Å². The second-order valence-electron chi connectivity index (χ2n) is 3.19. The minimum Gasteiger partial charge on any atom is -0.273 e. The first kappa shape index (κ1) is 10.9. The Balaban J connectivity index is 2.53. The number of carbonyl (C=O) groups is 1. The van der Waals surface area contributed by atoms with E-state index < -0.39 is 0 Å². The first-order valence-electron chi connectivity index (χ1n) is 4.36. The van der Waals surface area contributed by atoms with Crippen molar-refractivity contribution in [1.82, 2.24) is 0 Å². The molecule has 0 spiro atoms. The summed E-state index contributed by atoms with van der Waals surface area (Å²) in [6.45, 7) is 1.92. The van der Waals surface area contributed by atoms with Gasteiger partial charge in [0.15, 0.2) is 0 Å². The topological polar surface area (TPSA) is 20.3 Å². The number of halogens is 1. The summed E-state index contributed by atoms with van der Waals surface area (Å²) < 4.78 is 0.580. The lowest BCUT2D eigenvalue weighted by Gasteiger charge is -2.18. The number of benzene rings is 1. The van der Waals surface area contributed by atoms with Crippen LogP contribution in [0.5, 0.6) is 0 Å². The third-order valence-electron chi connectivity index (χ3n) is 2.16. The van der Waals surface area contributed by atoms with Crippen LogP contribution in [-0.4, -0.2) is 16.0 Å². The maximum absolute atomic E-state index is 11.6. The molecule has 1 saturated heterocycles. The number of rotatable bonds is 1. The Morgan fingerprint density at radius 2 is 2.27 bits per heavy atom. The summed E-state index contributed by atoms with van der Waals surface area (Å²) in [4.78, 5) is 13.2. The van der Waals surface area contributed by atoms with E-state index in [0.29, 0.717) is 15.1 Å². The minimum atomic E-state index is 0.00111. The lowest BCUT2D eigenvalue weighted by atomic mass is 10.2. The highest BCUT2D eigenvalue weighted by atomic mass is 35.5. The van der Waals surface area contributed by atoms with Crippen LogP contribution in [0, 0.1) is 6.92 Å². The number of thioether (sulfide) groups is 1. The molecule has 1 amide bonds. The van der Waals surface area contributed by atoms with Gasteiger partial charge in [-0.05, 0) is 18.6 Å².